The van der Waals surface area contributed by atoms with Gasteiger partial charge in [-0.15, -0.1) is 0 Å². The fraction of sp³-hybridized carbons (Fsp3) is 0.333. The van der Waals surface area contributed by atoms with Crippen LogP contribution in [0.4, 0.5) is 9.18 Å². The number of carbonyl (C=O) groups excluding carboxylic acids is 2. The predicted molar refractivity (Wildman–Crippen MR) is 61.3 cm³/mol. The highest BCUT2D eigenvalue weighted by atomic mass is 19.1. The number of amides is 2. The van der Waals surface area contributed by atoms with Crippen LogP contribution in [0.5, 0.6) is 0 Å². The van der Waals surface area contributed by atoms with Gasteiger partial charge in [0.2, 0.25) is 0 Å². The van der Waals surface area contributed by atoms with Crippen molar-refractivity contribution in [2.24, 2.45) is 0 Å². The second-order valence-corrected chi connectivity index (χ2v) is 4.01. The van der Waals surface area contributed by atoms with Crippen molar-refractivity contribution < 1.29 is 18.7 Å². The van der Waals surface area contributed by atoms with E-state index in [0.717, 1.165) is 0 Å². The molecule has 0 saturated carbocycles. The van der Waals surface area contributed by atoms with Crippen molar-refractivity contribution in [3.8, 4) is 0 Å². The van der Waals surface area contributed by atoms with Crippen molar-refractivity contribution in [1.29, 1.82) is 0 Å². The molecule has 1 fully saturated rings. The Bertz CT molecular complexity index is 478. The summed E-state index contributed by atoms with van der Waals surface area (Å²) in [4.78, 5) is 24.0. The number of methoxy groups -OCH3 is 1. The minimum Gasteiger partial charge on any atom is -0.468 e. The maximum atomic E-state index is 13.1. The molecule has 6 heteroatoms. The Hall–Kier alpha value is -2.11. The summed E-state index contributed by atoms with van der Waals surface area (Å²) < 4.78 is 17.6. The summed E-state index contributed by atoms with van der Waals surface area (Å²) in [5, 5.41) is 2.69. The topological polar surface area (TPSA) is 58.6 Å². The Morgan fingerprint density at radius 2 is 2.39 bits per heavy atom. The average Bonchev–Trinajstić information content (AvgIpc) is 2.71. The van der Waals surface area contributed by atoms with Crippen LogP contribution >= 0.6 is 0 Å². The van der Waals surface area contributed by atoms with Crippen molar-refractivity contribution in [1.82, 2.24) is 10.2 Å². The van der Waals surface area contributed by atoms with E-state index >= 15 is 0 Å². The number of hydrogen-bond acceptors (Lipinski definition) is 3. The Balaban J connectivity index is 2.06. The van der Waals surface area contributed by atoms with Gasteiger partial charge in [0.15, 0.2) is 0 Å². The molecule has 96 valence electrons. The van der Waals surface area contributed by atoms with Gasteiger partial charge in [-0.25, -0.2) is 9.18 Å². The fourth-order valence-corrected chi connectivity index (χ4v) is 1.86. The van der Waals surface area contributed by atoms with Gasteiger partial charge in [-0.05, 0) is 17.7 Å². The van der Waals surface area contributed by atoms with Crippen molar-refractivity contribution in [3.05, 3.63) is 35.6 Å². The second-order valence-electron chi connectivity index (χ2n) is 4.01. The Kier molecular flexibility index (Phi) is 3.45. The lowest BCUT2D eigenvalue weighted by Gasteiger charge is -2.12. The molecule has 1 aliphatic rings. The van der Waals surface area contributed by atoms with E-state index < -0.39 is 5.97 Å². The lowest BCUT2D eigenvalue weighted by Crippen LogP contribution is -2.33. The number of esters is 1. The molecule has 1 N–H and O–H groups in total. The highest BCUT2D eigenvalue weighted by Gasteiger charge is 2.31. The van der Waals surface area contributed by atoms with Crippen LogP contribution in [-0.4, -0.2) is 37.1 Å². The number of ether oxygens (including phenoxy) is 1. The van der Waals surface area contributed by atoms with E-state index in [1.54, 1.807) is 12.1 Å². The summed E-state index contributed by atoms with van der Waals surface area (Å²) in [5.41, 5.74) is 0.677. The van der Waals surface area contributed by atoms with Crippen LogP contribution in [0.2, 0.25) is 0 Å². The van der Waals surface area contributed by atoms with E-state index in [-0.39, 0.29) is 24.4 Å². The van der Waals surface area contributed by atoms with E-state index in [1.807, 2.05) is 0 Å². The molecular formula is C12H13FN2O3. The first kappa shape index (κ1) is 12.3. The predicted octanol–water partition coefficient (Wildman–Crippen LogP) is 1.06. The van der Waals surface area contributed by atoms with E-state index in [9.17, 15) is 14.0 Å². The molecule has 5 nitrogen and oxygen atoms in total. The maximum Gasteiger partial charge on any atom is 0.325 e. The summed E-state index contributed by atoms with van der Waals surface area (Å²) in [7, 11) is 1.26. The molecule has 1 heterocycles. The molecule has 1 aromatic carbocycles. The standard InChI is InChI=1S/C12H13FN2O3/c1-18-11(16)7-15-6-10(14-12(15)17)8-3-2-4-9(13)5-8/h2-5,10H,6-7H2,1H3,(H,14,17). The third-order valence-electron chi connectivity index (χ3n) is 2.79. The third-order valence-corrected chi connectivity index (χ3v) is 2.79. The third kappa shape index (κ3) is 2.58. The van der Waals surface area contributed by atoms with Crippen LogP contribution in [0.1, 0.15) is 11.6 Å². The van der Waals surface area contributed by atoms with Crippen LogP contribution in [0, 0.1) is 5.82 Å². The van der Waals surface area contributed by atoms with Gasteiger partial charge in [-0.2, -0.15) is 0 Å². The Morgan fingerprint density at radius 1 is 1.61 bits per heavy atom. The number of hydrogen-bond donors (Lipinski definition) is 1. The summed E-state index contributed by atoms with van der Waals surface area (Å²) in [6, 6.07) is 5.36. The molecule has 18 heavy (non-hydrogen) atoms. The van der Waals surface area contributed by atoms with Crippen molar-refractivity contribution in [2.75, 3.05) is 20.2 Å². The number of rotatable bonds is 3. The number of urea groups is 1. The minimum atomic E-state index is -0.481. The number of benzene rings is 1. The molecule has 0 spiro atoms. The molecular weight excluding hydrogens is 239 g/mol. The highest BCUT2D eigenvalue weighted by molar-refractivity contribution is 5.82. The molecule has 2 amide bonds. The highest BCUT2D eigenvalue weighted by Crippen LogP contribution is 2.20. The fourth-order valence-electron chi connectivity index (χ4n) is 1.86. The molecule has 1 atom stereocenters. The zero-order chi connectivity index (χ0) is 13.1. The average molecular weight is 252 g/mol. The van der Waals surface area contributed by atoms with Gasteiger partial charge in [0, 0.05) is 6.54 Å². The van der Waals surface area contributed by atoms with Crippen molar-refractivity contribution in [3.63, 3.8) is 0 Å². The number of halogens is 1. The van der Waals surface area contributed by atoms with Gasteiger partial charge in [-0.1, -0.05) is 12.1 Å². The van der Waals surface area contributed by atoms with Gasteiger partial charge in [0.1, 0.15) is 12.4 Å². The molecule has 0 radical (unpaired) electrons. The first-order valence-corrected chi connectivity index (χ1v) is 5.48. The molecule has 1 saturated heterocycles. The van der Waals surface area contributed by atoms with Gasteiger partial charge in [0.05, 0.1) is 13.2 Å². The summed E-state index contributed by atoms with van der Waals surface area (Å²) in [6.07, 6.45) is 0. The van der Waals surface area contributed by atoms with Gasteiger partial charge in [0.25, 0.3) is 0 Å². The molecule has 0 aromatic heterocycles. The summed E-state index contributed by atoms with van der Waals surface area (Å²) in [5.74, 6) is -0.835. The SMILES string of the molecule is COC(=O)CN1CC(c2cccc(F)c2)NC1=O. The van der Waals surface area contributed by atoms with Crippen molar-refractivity contribution >= 4 is 12.0 Å². The quantitative estimate of drug-likeness (QED) is 0.818. The normalized spacial score (nSPS) is 18.7. The summed E-state index contributed by atoms with van der Waals surface area (Å²) in [6.45, 7) is 0.214. The van der Waals surface area contributed by atoms with E-state index in [4.69, 9.17) is 0 Å². The van der Waals surface area contributed by atoms with E-state index in [1.165, 1.54) is 24.1 Å². The number of nitrogens with zero attached hydrogens (tertiary/aromatic N) is 1. The molecule has 1 aliphatic heterocycles. The molecule has 0 bridgehead atoms. The first-order chi connectivity index (χ1) is 8.60. The number of nitrogens with one attached hydrogen (secondary N) is 1. The van der Waals surface area contributed by atoms with E-state index in [0.29, 0.717) is 12.1 Å². The van der Waals surface area contributed by atoms with Gasteiger partial charge >= 0.3 is 12.0 Å². The maximum absolute atomic E-state index is 13.1. The van der Waals surface area contributed by atoms with Crippen LogP contribution < -0.4 is 5.32 Å². The largest absolute Gasteiger partial charge is 0.468 e. The van der Waals surface area contributed by atoms with Gasteiger partial charge < -0.3 is 15.0 Å². The van der Waals surface area contributed by atoms with E-state index in [2.05, 4.69) is 10.1 Å². The Labute approximate surface area is 104 Å². The monoisotopic (exact) mass is 252 g/mol. The lowest BCUT2D eigenvalue weighted by atomic mass is 10.1. The van der Waals surface area contributed by atoms with Crippen molar-refractivity contribution in [2.45, 2.75) is 6.04 Å². The van der Waals surface area contributed by atoms with Gasteiger partial charge in [-0.3, -0.25) is 4.79 Å². The van der Waals surface area contributed by atoms with Crippen LogP contribution in [0.15, 0.2) is 24.3 Å². The number of carbonyl (C=O) groups is 2. The van der Waals surface area contributed by atoms with Crippen LogP contribution in [0.25, 0.3) is 0 Å². The zero-order valence-electron chi connectivity index (χ0n) is 9.85. The van der Waals surface area contributed by atoms with Crippen LogP contribution in [0.3, 0.4) is 0 Å². The Morgan fingerprint density at radius 3 is 3.06 bits per heavy atom. The smallest absolute Gasteiger partial charge is 0.325 e. The molecule has 2 rings (SSSR count). The molecule has 1 aromatic rings. The lowest BCUT2D eigenvalue weighted by molar-refractivity contribution is -0.141. The van der Waals surface area contributed by atoms with Crippen LogP contribution in [-0.2, 0) is 9.53 Å². The zero-order valence-corrected chi connectivity index (χ0v) is 9.85. The molecule has 0 aliphatic carbocycles. The summed E-state index contributed by atoms with van der Waals surface area (Å²) >= 11 is 0. The molecule has 1 unspecified atom stereocenters. The minimum absolute atomic E-state index is 0.103. The second kappa shape index (κ2) is 5.03. The first-order valence-electron chi connectivity index (χ1n) is 5.48.